The summed E-state index contributed by atoms with van der Waals surface area (Å²) in [6.07, 6.45) is 1.76. The molecule has 1 amide bonds. The van der Waals surface area contributed by atoms with Gasteiger partial charge in [-0.2, -0.15) is 0 Å². The largest absolute Gasteiger partial charge is 0.496 e. The van der Waals surface area contributed by atoms with Crippen LogP contribution in [0.4, 0.5) is 0 Å². The van der Waals surface area contributed by atoms with Crippen LogP contribution in [-0.2, 0) is 0 Å². The van der Waals surface area contributed by atoms with Gasteiger partial charge in [-0.1, -0.05) is 23.4 Å². The van der Waals surface area contributed by atoms with E-state index in [0.717, 1.165) is 49.6 Å². The van der Waals surface area contributed by atoms with Gasteiger partial charge < -0.3 is 24.5 Å². The average Bonchev–Trinajstić information content (AvgIpc) is 3.48. The molecule has 6 rings (SSSR count). The molecule has 40 heavy (non-hydrogen) atoms. The van der Waals surface area contributed by atoms with E-state index in [2.05, 4.69) is 25.4 Å². The van der Waals surface area contributed by atoms with Gasteiger partial charge in [0.15, 0.2) is 0 Å². The maximum Gasteiger partial charge on any atom is 0.289 e. The molecule has 6 aromatic rings. The molecule has 202 valence electrons. The minimum atomic E-state index is -0.337. The van der Waals surface area contributed by atoms with Crippen molar-refractivity contribution in [2.75, 3.05) is 34.3 Å². The Morgan fingerprint density at radius 2 is 1.90 bits per heavy atom. The van der Waals surface area contributed by atoms with Gasteiger partial charge in [0, 0.05) is 46.7 Å². The summed E-state index contributed by atoms with van der Waals surface area (Å²) in [4.78, 5) is 32.7. The average molecular weight is 536 g/mol. The lowest BCUT2D eigenvalue weighted by Gasteiger charge is -2.12. The Labute approximate surface area is 230 Å². The molecule has 0 bridgehead atoms. The molecule has 0 saturated heterocycles. The minimum absolute atomic E-state index is 0.0895. The van der Waals surface area contributed by atoms with E-state index in [4.69, 9.17) is 14.2 Å². The van der Waals surface area contributed by atoms with Crippen LogP contribution < -0.4 is 10.1 Å². The predicted octanol–water partition coefficient (Wildman–Crippen LogP) is 4.90. The molecule has 10 nitrogen and oxygen atoms in total. The highest BCUT2D eigenvalue weighted by Crippen LogP contribution is 2.42. The van der Waals surface area contributed by atoms with Crippen molar-refractivity contribution in [2.24, 2.45) is 0 Å². The highest BCUT2D eigenvalue weighted by atomic mass is 16.5. The van der Waals surface area contributed by atoms with Crippen molar-refractivity contribution >= 4 is 38.7 Å². The molecule has 0 spiro atoms. The van der Waals surface area contributed by atoms with E-state index in [1.54, 1.807) is 13.3 Å². The number of amides is 1. The number of fused-ring (bicyclic) bond motifs is 4. The third-order valence-corrected chi connectivity index (χ3v) is 7.03. The van der Waals surface area contributed by atoms with E-state index >= 15 is 0 Å². The standard InChI is InChI=1S/C30H29N7O3/c1-16-25(17(2)40-36-16)21-14-23-20(15-24(21)39-5)26-27(19-10-11-31-22-9-7-6-8-18(19)22)34-29(35-28(26)33-23)30(38)32-12-13-37(3)4/h6-11,14-15H,12-13H2,1-5H3,(H,32,38)(H,33,34,35). The van der Waals surface area contributed by atoms with Crippen molar-refractivity contribution < 1.29 is 14.1 Å². The van der Waals surface area contributed by atoms with Crippen LogP contribution in [0.5, 0.6) is 5.75 Å². The van der Waals surface area contributed by atoms with Crippen LogP contribution >= 0.6 is 0 Å². The molecule has 2 aromatic carbocycles. The molecule has 0 radical (unpaired) electrons. The highest BCUT2D eigenvalue weighted by molar-refractivity contribution is 6.16. The SMILES string of the molecule is COc1cc2c(cc1-c1c(C)noc1C)[nH]c1nc(C(=O)NCCN(C)C)nc(-c3ccnc4ccccc34)c12. The fraction of sp³-hybridized carbons (Fsp3) is 0.233. The Kier molecular flexibility index (Phi) is 6.39. The van der Waals surface area contributed by atoms with Crippen LogP contribution in [0.3, 0.4) is 0 Å². The molecule has 0 aliphatic rings. The summed E-state index contributed by atoms with van der Waals surface area (Å²) in [6, 6.07) is 13.8. The van der Waals surface area contributed by atoms with E-state index in [0.29, 0.717) is 35.9 Å². The molecule has 10 heteroatoms. The van der Waals surface area contributed by atoms with E-state index in [-0.39, 0.29) is 11.7 Å². The van der Waals surface area contributed by atoms with Crippen molar-refractivity contribution in [1.82, 2.24) is 35.3 Å². The number of pyridine rings is 1. The first kappa shape index (κ1) is 25.4. The highest BCUT2D eigenvalue weighted by Gasteiger charge is 2.23. The summed E-state index contributed by atoms with van der Waals surface area (Å²) in [6.45, 7) is 4.96. The second kappa shape index (κ2) is 10.0. The molecule has 0 atom stereocenters. The van der Waals surface area contributed by atoms with E-state index < -0.39 is 0 Å². The number of carbonyl (C=O) groups is 1. The van der Waals surface area contributed by atoms with Gasteiger partial charge in [-0.25, -0.2) is 9.97 Å². The van der Waals surface area contributed by atoms with Crippen molar-refractivity contribution in [2.45, 2.75) is 13.8 Å². The molecule has 4 heterocycles. The number of nitrogens with zero attached hydrogens (tertiary/aromatic N) is 5. The molecule has 0 fully saturated rings. The number of para-hydroxylation sites is 1. The lowest BCUT2D eigenvalue weighted by Crippen LogP contribution is -2.32. The minimum Gasteiger partial charge on any atom is -0.496 e. The zero-order valence-electron chi connectivity index (χ0n) is 23.0. The predicted molar refractivity (Wildman–Crippen MR) is 155 cm³/mol. The summed E-state index contributed by atoms with van der Waals surface area (Å²) in [5.74, 6) is 1.12. The number of benzene rings is 2. The first-order valence-electron chi connectivity index (χ1n) is 13.0. The van der Waals surface area contributed by atoms with Gasteiger partial charge >= 0.3 is 0 Å². The van der Waals surface area contributed by atoms with Crippen LogP contribution in [0.2, 0.25) is 0 Å². The number of rotatable bonds is 7. The Balaban J connectivity index is 1.63. The third kappa shape index (κ3) is 4.32. The summed E-state index contributed by atoms with van der Waals surface area (Å²) in [5.41, 5.74) is 6.21. The van der Waals surface area contributed by atoms with Crippen LogP contribution in [0.1, 0.15) is 22.1 Å². The van der Waals surface area contributed by atoms with Crippen molar-refractivity contribution in [3.05, 3.63) is 65.9 Å². The number of likely N-dealkylation sites (N-methyl/N-ethyl adjacent to an activating group) is 1. The Morgan fingerprint density at radius 3 is 2.65 bits per heavy atom. The Morgan fingerprint density at radius 1 is 1.07 bits per heavy atom. The van der Waals surface area contributed by atoms with Gasteiger partial charge in [0.25, 0.3) is 5.91 Å². The number of ether oxygens (including phenoxy) is 1. The number of nitrogens with one attached hydrogen (secondary N) is 2. The van der Waals surface area contributed by atoms with E-state index in [1.807, 2.05) is 75.3 Å². The monoisotopic (exact) mass is 535 g/mol. The number of methoxy groups -OCH3 is 1. The maximum atomic E-state index is 13.2. The van der Waals surface area contributed by atoms with Crippen LogP contribution in [0, 0.1) is 13.8 Å². The number of aromatic amines is 1. The summed E-state index contributed by atoms with van der Waals surface area (Å²) < 4.78 is 11.3. The van der Waals surface area contributed by atoms with Gasteiger partial charge in [0.05, 0.1) is 35.0 Å². The number of carbonyl (C=O) groups excluding carboxylic acids is 1. The lowest BCUT2D eigenvalue weighted by atomic mass is 9.99. The fourth-order valence-electron chi connectivity index (χ4n) is 5.13. The smallest absolute Gasteiger partial charge is 0.289 e. The molecule has 0 saturated carbocycles. The molecule has 0 aliphatic heterocycles. The summed E-state index contributed by atoms with van der Waals surface area (Å²) in [5, 5.41) is 9.65. The summed E-state index contributed by atoms with van der Waals surface area (Å²) in [7, 11) is 5.55. The van der Waals surface area contributed by atoms with Crippen molar-refractivity contribution in [3.63, 3.8) is 0 Å². The molecule has 4 aromatic heterocycles. The Bertz CT molecular complexity index is 1880. The maximum absolute atomic E-state index is 13.2. The number of aryl methyl sites for hydroxylation is 2. The van der Waals surface area contributed by atoms with Crippen LogP contribution in [-0.4, -0.2) is 70.2 Å². The number of aromatic nitrogens is 5. The molecule has 0 unspecified atom stereocenters. The van der Waals surface area contributed by atoms with Crippen molar-refractivity contribution in [1.29, 1.82) is 0 Å². The number of hydrogen-bond donors (Lipinski definition) is 2. The van der Waals surface area contributed by atoms with Gasteiger partial charge in [-0.3, -0.25) is 9.78 Å². The fourth-order valence-corrected chi connectivity index (χ4v) is 5.13. The number of H-pyrrole nitrogens is 1. The van der Waals surface area contributed by atoms with Gasteiger partial charge in [0.2, 0.25) is 5.82 Å². The Hall–Kier alpha value is -4.83. The van der Waals surface area contributed by atoms with Gasteiger partial charge in [0.1, 0.15) is 17.2 Å². The lowest BCUT2D eigenvalue weighted by molar-refractivity contribution is 0.0941. The molecular weight excluding hydrogens is 506 g/mol. The second-order valence-corrected chi connectivity index (χ2v) is 9.98. The van der Waals surface area contributed by atoms with Gasteiger partial charge in [-0.15, -0.1) is 0 Å². The normalized spacial score (nSPS) is 11.7. The van der Waals surface area contributed by atoms with Gasteiger partial charge in [-0.05, 0) is 52.2 Å². The van der Waals surface area contributed by atoms with Crippen LogP contribution in [0.15, 0.2) is 53.2 Å². The first-order chi connectivity index (χ1) is 19.4. The number of hydrogen-bond acceptors (Lipinski definition) is 8. The quantitative estimate of drug-likeness (QED) is 0.296. The second-order valence-electron chi connectivity index (χ2n) is 9.98. The zero-order chi connectivity index (χ0) is 28.0. The molecular formula is C30H29N7O3. The van der Waals surface area contributed by atoms with E-state index in [9.17, 15) is 4.79 Å². The van der Waals surface area contributed by atoms with Crippen molar-refractivity contribution in [3.8, 4) is 28.1 Å². The summed E-state index contributed by atoms with van der Waals surface area (Å²) >= 11 is 0. The van der Waals surface area contributed by atoms with Crippen LogP contribution in [0.25, 0.3) is 55.2 Å². The topological polar surface area (TPSA) is 122 Å². The molecule has 0 aliphatic carbocycles. The zero-order valence-corrected chi connectivity index (χ0v) is 23.0. The third-order valence-electron chi connectivity index (χ3n) is 7.03. The van der Waals surface area contributed by atoms with E-state index in [1.165, 1.54) is 0 Å². The first-order valence-corrected chi connectivity index (χ1v) is 13.0. The molecule has 2 N–H and O–H groups in total.